The quantitative estimate of drug-likeness (QED) is 0.763. The standard InChI is InChI=1S/C14H19NO/c1-2-11(13-8-5-6-10-15-13)12-7-3-4-9-14(12)16/h2-4,7,9,11,13,15-16H,1,5-6,8,10H2. The van der Waals surface area contributed by atoms with Gasteiger partial charge in [0.2, 0.25) is 0 Å². The molecule has 86 valence electrons. The largest absolute Gasteiger partial charge is 0.508 e. The van der Waals surface area contributed by atoms with Crippen molar-refractivity contribution in [1.82, 2.24) is 5.32 Å². The van der Waals surface area contributed by atoms with Crippen molar-refractivity contribution in [1.29, 1.82) is 0 Å². The van der Waals surface area contributed by atoms with Crippen LogP contribution in [0.1, 0.15) is 30.7 Å². The maximum absolute atomic E-state index is 9.87. The van der Waals surface area contributed by atoms with Gasteiger partial charge in [-0.15, -0.1) is 6.58 Å². The molecule has 1 fully saturated rings. The topological polar surface area (TPSA) is 32.3 Å². The van der Waals surface area contributed by atoms with E-state index in [0.29, 0.717) is 11.8 Å². The van der Waals surface area contributed by atoms with Crippen LogP contribution in [0.2, 0.25) is 0 Å². The first-order valence-corrected chi connectivity index (χ1v) is 5.97. The molecule has 2 unspecified atom stereocenters. The second-order valence-electron chi connectivity index (χ2n) is 4.38. The first-order chi connectivity index (χ1) is 7.83. The van der Waals surface area contributed by atoms with Gasteiger partial charge in [-0.1, -0.05) is 30.7 Å². The molecular formula is C14H19NO. The van der Waals surface area contributed by atoms with Crippen molar-refractivity contribution in [2.75, 3.05) is 6.54 Å². The second kappa shape index (κ2) is 5.17. The van der Waals surface area contributed by atoms with Crippen LogP contribution >= 0.6 is 0 Å². The highest BCUT2D eigenvalue weighted by atomic mass is 16.3. The highest BCUT2D eigenvalue weighted by molar-refractivity contribution is 5.38. The SMILES string of the molecule is C=CC(c1ccccc1O)C1CCCCN1. The maximum atomic E-state index is 9.87. The van der Waals surface area contributed by atoms with Crippen molar-refractivity contribution in [3.05, 3.63) is 42.5 Å². The summed E-state index contributed by atoms with van der Waals surface area (Å²) < 4.78 is 0. The summed E-state index contributed by atoms with van der Waals surface area (Å²) in [6, 6.07) is 7.97. The number of hydrogen-bond donors (Lipinski definition) is 2. The number of piperidine rings is 1. The summed E-state index contributed by atoms with van der Waals surface area (Å²) in [6.07, 6.45) is 5.61. The van der Waals surface area contributed by atoms with Gasteiger partial charge in [0.05, 0.1) is 0 Å². The minimum Gasteiger partial charge on any atom is -0.508 e. The first kappa shape index (κ1) is 11.2. The molecule has 1 saturated heterocycles. The van der Waals surface area contributed by atoms with E-state index >= 15 is 0 Å². The zero-order valence-corrected chi connectivity index (χ0v) is 9.52. The number of benzene rings is 1. The van der Waals surface area contributed by atoms with Gasteiger partial charge in [0.25, 0.3) is 0 Å². The molecule has 0 spiro atoms. The van der Waals surface area contributed by atoms with Gasteiger partial charge in [-0.3, -0.25) is 0 Å². The Morgan fingerprint density at radius 2 is 2.19 bits per heavy atom. The lowest BCUT2D eigenvalue weighted by molar-refractivity contribution is 0.369. The Balaban J connectivity index is 2.21. The number of aromatic hydroxyl groups is 1. The lowest BCUT2D eigenvalue weighted by Crippen LogP contribution is -2.38. The van der Waals surface area contributed by atoms with Gasteiger partial charge in [-0.2, -0.15) is 0 Å². The van der Waals surface area contributed by atoms with Gasteiger partial charge in [0.1, 0.15) is 5.75 Å². The molecule has 16 heavy (non-hydrogen) atoms. The van der Waals surface area contributed by atoms with E-state index in [9.17, 15) is 5.11 Å². The summed E-state index contributed by atoms with van der Waals surface area (Å²) in [4.78, 5) is 0. The summed E-state index contributed by atoms with van der Waals surface area (Å²) in [5.74, 6) is 0.585. The molecule has 2 N–H and O–H groups in total. The normalized spacial score (nSPS) is 22.6. The Bertz CT molecular complexity index is 356. The van der Waals surface area contributed by atoms with Crippen LogP contribution in [0.15, 0.2) is 36.9 Å². The minimum absolute atomic E-state index is 0.210. The van der Waals surface area contributed by atoms with Gasteiger partial charge in [-0.05, 0) is 25.5 Å². The zero-order valence-electron chi connectivity index (χ0n) is 9.52. The predicted molar refractivity (Wildman–Crippen MR) is 66.7 cm³/mol. The summed E-state index contributed by atoms with van der Waals surface area (Å²) >= 11 is 0. The van der Waals surface area contributed by atoms with Gasteiger partial charge in [0, 0.05) is 17.5 Å². The fourth-order valence-electron chi connectivity index (χ4n) is 2.46. The number of hydrogen-bond acceptors (Lipinski definition) is 2. The smallest absolute Gasteiger partial charge is 0.119 e. The lowest BCUT2D eigenvalue weighted by atomic mass is 9.86. The number of nitrogens with one attached hydrogen (secondary N) is 1. The monoisotopic (exact) mass is 217 g/mol. The van der Waals surface area contributed by atoms with Crippen LogP contribution in [0.25, 0.3) is 0 Å². The molecule has 1 aliphatic rings. The molecule has 1 aromatic carbocycles. The number of phenols is 1. The summed E-state index contributed by atoms with van der Waals surface area (Å²) in [5, 5.41) is 13.4. The van der Waals surface area contributed by atoms with E-state index in [1.807, 2.05) is 24.3 Å². The fraction of sp³-hybridized carbons (Fsp3) is 0.429. The number of para-hydroxylation sites is 1. The Labute approximate surface area is 97.0 Å². The average molecular weight is 217 g/mol. The second-order valence-corrected chi connectivity index (χ2v) is 4.38. The minimum atomic E-state index is 0.210. The molecule has 1 aliphatic heterocycles. The van der Waals surface area contributed by atoms with E-state index in [0.717, 1.165) is 18.5 Å². The van der Waals surface area contributed by atoms with Crippen LogP contribution in [0.5, 0.6) is 5.75 Å². The lowest BCUT2D eigenvalue weighted by Gasteiger charge is -2.30. The van der Waals surface area contributed by atoms with Gasteiger partial charge in [0.15, 0.2) is 0 Å². The average Bonchev–Trinajstić information content (AvgIpc) is 2.34. The first-order valence-electron chi connectivity index (χ1n) is 5.97. The van der Waals surface area contributed by atoms with Gasteiger partial charge >= 0.3 is 0 Å². The fourth-order valence-corrected chi connectivity index (χ4v) is 2.46. The Morgan fingerprint density at radius 1 is 1.38 bits per heavy atom. The zero-order chi connectivity index (χ0) is 11.4. The van der Waals surface area contributed by atoms with Crippen LogP contribution in [0.3, 0.4) is 0 Å². The van der Waals surface area contributed by atoms with Crippen LogP contribution in [0.4, 0.5) is 0 Å². The predicted octanol–water partition coefficient (Wildman–Crippen LogP) is 2.80. The molecule has 1 heterocycles. The molecule has 0 radical (unpaired) electrons. The third-order valence-electron chi connectivity index (χ3n) is 3.33. The van der Waals surface area contributed by atoms with Crippen LogP contribution < -0.4 is 5.32 Å². The van der Waals surface area contributed by atoms with Gasteiger partial charge < -0.3 is 10.4 Å². The summed E-state index contributed by atoms with van der Waals surface area (Å²) in [6.45, 7) is 4.97. The Kier molecular flexibility index (Phi) is 3.62. The summed E-state index contributed by atoms with van der Waals surface area (Å²) in [5.41, 5.74) is 0.983. The van der Waals surface area contributed by atoms with Crippen LogP contribution in [0, 0.1) is 0 Å². The molecule has 2 atom stereocenters. The third kappa shape index (κ3) is 2.27. The van der Waals surface area contributed by atoms with Crippen molar-refractivity contribution in [3.63, 3.8) is 0 Å². The van der Waals surface area contributed by atoms with E-state index in [-0.39, 0.29) is 5.92 Å². The van der Waals surface area contributed by atoms with Crippen LogP contribution in [-0.4, -0.2) is 17.7 Å². The van der Waals surface area contributed by atoms with Crippen molar-refractivity contribution in [2.24, 2.45) is 0 Å². The van der Waals surface area contributed by atoms with Gasteiger partial charge in [-0.25, -0.2) is 0 Å². The van der Waals surface area contributed by atoms with E-state index in [1.54, 1.807) is 6.07 Å². The van der Waals surface area contributed by atoms with E-state index < -0.39 is 0 Å². The Hall–Kier alpha value is -1.28. The van der Waals surface area contributed by atoms with Crippen LogP contribution in [-0.2, 0) is 0 Å². The highest BCUT2D eigenvalue weighted by Crippen LogP contribution is 2.31. The van der Waals surface area contributed by atoms with Crippen molar-refractivity contribution < 1.29 is 5.11 Å². The van der Waals surface area contributed by atoms with Crippen molar-refractivity contribution in [3.8, 4) is 5.75 Å². The third-order valence-corrected chi connectivity index (χ3v) is 3.33. The molecule has 2 heteroatoms. The highest BCUT2D eigenvalue weighted by Gasteiger charge is 2.23. The van der Waals surface area contributed by atoms with E-state index in [1.165, 1.54) is 12.8 Å². The molecule has 0 bridgehead atoms. The van der Waals surface area contributed by atoms with E-state index in [2.05, 4.69) is 11.9 Å². The Morgan fingerprint density at radius 3 is 2.81 bits per heavy atom. The molecule has 2 rings (SSSR count). The molecule has 2 nitrogen and oxygen atoms in total. The number of phenolic OH excluding ortho intramolecular Hbond substituents is 1. The molecule has 1 aromatic rings. The molecule has 0 aromatic heterocycles. The van der Waals surface area contributed by atoms with E-state index in [4.69, 9.17) is 0 Å². The number of rotatable bonds is 3. The maximum Gasteiger partial charge on any atom is 0.119 e. The van der Waals surface area contributed by atoms with Crippen molar-refractivity contribution in [2.45, 2.75) is 31.2 Å². The molecule has 0 aliphatic carbocycles. The van der Waals surface area contributed by atoms with Crippen molar-refractivity contribution >= 4 is 0 Å². The summed E-state index contributed by atoms with van der Waals surface area (Å²) in [7, 11) is 0. The molecule has 0 saturated carbocycles. The molecular weight excluding hydrogens is 198 g/mol. The molecule has 0 amide bonds.